The largest absolute Gasteiger partial charge is 0.468 e. The van der Waals surface area contributed by atoms with Gasteiger partial charge in [-0.25, -0.2) is 8.42 Å². The molecule has 2 aromatic rings. The Morgan fingerprint density at radius 2 is 2.10 bits per heavy atom. The van der Waals surface area contributed by atoms with E-state index in [0.29, 0.717) is 10.8 Å². The summed E-state index contributed by atoms with van der Waals surface area (Å²) in [6.07, 6.45) is 3.26. The lowest BCUT2D eigenvalue weighted by atomic mass is 10.3. The van der Waals surface area contributed by atoms with Crippen LogP contribution in [0, 0.1) is 0 Å². The van der Waals surface area contributed by atoms with E-state index in [2.05, 4.69) is 0 Å². The van der Waals surface area contributed by atoms with E-state index in [1.54, 1.807) is 12.1 Å². The van der Waals surface area contributed by atoms with Gasteiger partial charge in [0.25, 0.3) is 0 Å². The van der Waals surface area contributed by atoms with Crippen LogP contribution in [0.4, 0.5) is 5.69 Å². The van der Waals surface area contributed by atoms with E-state index in [1.807, 2.05) is 0 Å². The first-order valence-corrected chi connectivity index (χ1v) is 8.39. The van der Waals surface area contributed by atoms with Gasteiger partial charge in [-0.05, 0) is 43.2 Å². The van der Waals surface area contributed by atoms with Gasteiger partial charge in [0.2, 0.25) is 10.0 Å². The number of rotatable bonds is 5. The van der Waals surface area contributed by atoms with Gasteiger partial charge in [0.15, 0.2) is 0 Å². The highest BCUT2D eigenvalue weighted by molar-refractivity contribution is 7.89. The Morgan fingerprint density at radius 1 is 1.33 bits per heavy atom. The van der Waals surface area contributed by atoms with Crippen molar-refractivity contribution in [1.82, 2.24) is 4.31 Å². The lowest BCUT2D eigenvalue weighted by Crippen LogP contribution is -2.32. The zero-order chi connectivity index (χ0) is 15.0. The zero-order valence-electron chi connectivity index (χ0n) is 11.2. The van der Waals surface area contributed by atoms with Gasteiger partial charge in [0.05, 0.1) is 28.4 Å². The second-order valence-electron chi connectivity index (χ2n) is 5.04. The van der Waals surface area contributed by atoms with Crippen LogP contribution in [0.5, 0.6) is 0 Å². The summed E-state index contributed by atoms with van der Waals surface area (Å²) >= 11 is 5.85. The number of nitrogens with zero attached hydrogens (tertiary/aromatic N) is 1. The fourth-order valence-corrected chi connectivity index (χ4v) is 3.95. The molecule has 0 radical (unpaired) electrons. The SMILES string of the molecule is Nc1cc(S(=O)(=O)N(Cc2ccco2)C2CC2)ccc1Cl. The normalized spacial score (nSPS) is 15.5. The Labute approximate surface area is 128 Å². The van der Waals surface area contributed by atoms with E-state index in [1.165, 1.54) is 28.8 Å². The third-order valence-electron chi connectivity index (χ3n) is 3.42. The molecular formula is C14H15ClN2O3S. The lowest BCUT2D eigenvalue weighted by molar-refractivity contribution is 0.356. The molecule has 112 valence electrons. The molecule has 1 aliphatic rings. The number of hydrogen-bond acceptors (Lipinski definition) is 4. The van der Waals surface area contributed by atoms with Crippen LogP contribution in [0.1, 0.15) is 18.6 Å². The van der Waals surface area contributed by atoms with Crippen molar-refractivity contribution in [3.05, 3.63) is 47.4 Å². The molecule has 0 aliphatic heterocycles. The zero-order valence-corrected chi connectivity index (χ0v) is 12.8. The second kappa shape index (κ2) is 5.36. The summed E-state index contributed by atoms with van der Waals surface area (Å²) in [5.41, 5.74) is 5.97. The van der Waals surface area contributed by atoms with Crippen LogP contribution in [-0.2, 0) is 16.6 Å². The molecular weight excluding hydrogens is 312 g/mol. The molecule has 0 amide bonds. The summed E-state index contributed by atoms with van der Waals surface area (Å²) in [6.45, 7) is 0.225. The quantitative estimate of drug-likeness (QED) is 0.857. The number of anilines is 1. The van der Waals surface area contributed by atoms with Crippen LogP contribution in [0.2, 0.25) is 5.02 Å². The van der Waals surface area contributed by atoms with Gasteiger partial charge >= 0.3 is 0 Å². The maximum Gasteiger partial charge on any atom is 0.243 e. The molecule has 21 heavy (non-hydrogen) atoms. The number of hydrogen-bond donors (Lipinski definition) is 1. The first-order chi connectivity index (χ1) is 9.98. The minimum atomic E-state index is -3.62. The van der Waals surface area contributed by atoms with Crippen LogP contribution in [0.25, 0.3) is 0 Å². The van der Waals surface area contributed by atoms with Gasteiger partial charge in [-0.1, -0.05) is 11.6 Å². The predicted octanol–water partition coefficient (Wildman–Crippen LogP) is 2.87. The Kier molecular flexibility index (Phi) is 3.69. The van der Waals surface area contributed by atoms with Gasteiger partial charge in [-0.3, -0.25) is 0 Å². The average molecular weight is 327 g/mol. The van der Waals surface area contributed by atoms with Crippen molar-refractivity contribution < 1.29 is 12.8 Å². The van der Waals surface area contributed by atoms with E-state index in [0.717, 1.165) is 12.8 Å². The highest BCUT2D eigenvalue weighted by Crippen LogP contribution is 2.34. The van der Waals surface area contributed by atoms with Crippen molar-refractivity contribution >= 4 is 27.3 Å². The van der Waals surface area contributed by atoms with Crippen molar-refractivity contribution in [3.8, 4) is 0 Å². The molecule has 1 heterocycles. The molecule has 2 N–H and O–H groups in total. The van der Waals surface area contributed by atoms with E-state index >= 15 is 0 Å². The van der Waals surface area contributed by atoms with Crippen LogP contribution in [0.15, 0.2) is 45.9 Å². The molecule has 0 spiro atoms. The van der Waals surface area contributed by atoms with Crippen LogP contribution < -0.4 is 5.73 Å². The minimum absolute atomic E-state index is 0.0250. The van der Waals surface area contributed by atoms with E-state index < -0.39 is 10.0 Å². The summed E-state index contributed by atoms with van der Waals surface area (Å²) in [5.74, 6) is 0.618. The van der Waals surface area contributed by atoms with Crippen molar-refractivity contribution in [2.75, 3.05) is 5.73 Å². The molecule has 3 rings (SSSR count). The molecule has 1 aromatic carbocycles. The summed E-state index contributed by atoms with van der Waals surface area (Å²) in [5, 5.41) is 0.345. The molecule has 1 aromatic heterocycles. The Hall–Kier alpha value is -1.50. The third-order valence-corrected chi connectivity index (χ3v) is 5.66. The Bertz CT molecular complexity index is 740. The van der Waals surface area contributed by atoms with Crippen molar-refractivity contribution in [1.29, 1.82) is 0 Å². The second-order valence-corrected chi connectivity index (χ2v) is 7.34. The fraction of sp³-hybridized carbons (Fsp3) is 0.286. The van der Waals surface area contributed by atoms with Crippen molar-refractivity contribution in [2.24, 2.45) is 0 Å². The maximum atomic E-state index is 12.8. The number of nitrogen functional groups attached to an aromatic ring is 1. The third kappa shape index (κ3) is 2.92. The molecule has 0 saturated heterocycles. The molecule has 1 aliphatic carbocycles. The molecule has 0 atom stereocenters. The topological polar surface area (TPSA) is 76.5 Å². The molecule has 0 unspecified atom stereocenters. The van der Waals surface area contributed by atoms with Gasteiger partial charge in [0.1, 0.15) is 5.76 Å². The summed E-state index contributed by atoms with van der Waals surface area (Å²) in [4.78, 5) is 0.155. The standard InChI is InChI=1S/C14H15ClN2O3S/c15-13-6-5-12(8-14(13)16)21(18,19)17(10-3-4-10)9-11-2-1-7-20-11/h1-2,5-8,10H,3-4,9,16H2. The monoisotopic (exact) mass is 326 g/mol. The van der Waals surface area contributed by atoms with Crippen molar-refractivity contribution in [2.45, 2.75) is 30.3 Å². The van der Waals surface area contributed by atoms with Crippen LogP contribution in [-0.4, -0.2) is 18.8 Å². The average Bonchev–Trinajstić information content (AvgIpc) is 3.15. The van der Waals surface area contributed by atoms with Crippen LogP contribution in [0.3, 0.4) is 0 Å². The van der Waals surface area contributed by atoms with Crippen molar-refractivity contribution in [3.63, 3.8) is 0 Å². The fourth-order valence-electron chi connectivity index (χ4n) is 2.15. The van der Waals surface area contributed by atoms with E-state index in [4.69, 9.17) is 21.8 Å². The maximum absolute atomic E-state index is 12.8. The van der Waals surface area contributed by atoms with Gasteiger partial charge in [0, 0.05) is 6.04 Å². The number of sulfonamides is 1. The van der Waals surface area contributed by atoms with Gasteiger partial charge < -0.3 is 10.2 Å². The number of nitrogens with two attached hydrogens (primary N) is 1. The minimum Gasteiger partial charge on any atom is -0.468 e. The first-order valence-electron chi connectivity index (χ1n) is 6.58. The number of furan rings is 1. The Balaban J connectivity index is 1.95. The Morgan fingerprint density at radius 3 is 2.67 bits per heavy atom. The summed E-state index contributed by atoms with van der Waals surface area (Å²) < 4.78 is 32.3. The molecule has 0 bridgehead atoms. The molecule has 7 heteroatoms. The van der Waals surface area contributed by atoms with E-state index in [9.17, 15) is 8.42 Å². The van der Waals surface area contributed by atoms with Gasteiger partial charge in [-0.2, -0.15) is 4.31 Å². The number of halogens is 1. The summed E-state index contributed by atoms with van der Waals surface area (Å²) in [6, 6.07) is 7.91. The lowest BCUT2D eigenvalue weighted by Gasteiger charge is -2.21. The summed E-state index contributed by atoms with van der Waals surface area (Å²) in [7, 11) is -3.62. The van der Waals surface area contributed by atoms with Gasteiger partial charge in [-0.15, -0.1) is 0 Å². The highest BCUT2D eigenvalue weighted by atomic mass is 35.5. The molecule has 1 fully saturated rings. The van der Waals surface area contributed by atoms with E-state index in [-0.39, 0.29) is 23.2 Å². The van der Waals surface area contributed by atoms with Crippen LogP contribution >= 0.6 is 11.6 Å². The highest BCUT2D eigenvalue weighted by Gasteiger charge is 2.38. The smallest absolute Gasteiger partial charge is 0.243 e. The number of benzene rings is 1. The predicted molar refractivity (Wildman–Crippen MR) is 80.3 cm³/mol. The molecule has 5 nitrogen and oxygen atoms in total. The first kappa shape index (κ1) is 14.4. The molecule has 1 saturated carbocycles.